The lowest BCUT2D eigenvalue weighted by molar-refractivity contribution is -0.105. The Morgan fingerprint density at radius 3 is 2.83 bits per heavy atom. The molecule has 0 unspecified atom stereocenters. The van der Waals surface area contributed by atoms with Crippen LogP contribution in [0.5, 0.6) is 0 Å². The van der Waals surface area contributed by atoms with Gasteiger partial charge in [0.1, 0.15) is 0 Å². The molecule has 0 aliphatic rings. The smallest absolute Gasteiger partial charge is 0.211 e. The average molecular weight is 225 g/mol. The topological polar surface area (TPSA) is 52.9 Å². The Labute approximate surface area is 78.1 Å². The Balaban J connectivity index is 3.04. The first-order valence-corrected chi connectivity index (χ1v) is 3.97. The summed E-state index contributed by atoms with van der Waals surface area (Å²) < 4.78 is 0.702. The molecule has 1 aromatic carbocycles. The predicted octanol–water partition coefficient (Wildman–Crippen LogP) is 1.89. The molecule has 0 heterocycles. The minimum Gasteiger partial charge on any atom is -0.328 e. The van der Waals surface area contributed by atoms with Crippen molar-refractivity contribution in [3.05, 3.63) is 28.2 Å². The molecule has 0 atom stereocenters. The van der Waals surface area contributed by atoms with Crippen LogP contribution in [-0.2, 0) is 4.79 Å². The van der Waals surface area contributed by atoms with E-state index in [0.29, 0.717) is 22.1 Å². The average Bonchev–Trinajstić information content (AvgIpc) is 2.09. The van der Waals surface area contributed by atoms with Crippen molar-refractivity contribution in [2.75, 3.05) is 5.32 Å². The molecule has 0 fully saturated rings. The van der Waals surface area contributed by atoms with Gasteiger partial charge in [0, 0.05) is 4.47 Å². The van der Waals surface area contributed by atoms with Crippen LogP contribution in [0.25, 0.3) is 0 Å². The Kier molecular flexibility index (Phi) is 2.83. The van der Waals surface area contributed by atoms with Gasteiger partial charge in [0.15, 0.2) is 0 Å². The number of rotatable bonds is 2. The van der Waals surface area contributed by atoms with Crippen LogP contribution in [0, 0.1) is 11.3 Å². The van der Waals surface area contributed by atoms with Crippen LogP contribution in [0.1, 0.15) is 5.56 Å². The molecule has 1 N–H and O–H groups in total. The monoisotopic (exact) mass is 224 g/mol. The first kappa shape index (κ1) is 8.75. The molecular formula is C8H5BrN2O. The number of carbonyl (C=O) groups is 1. The molecule has 0 saturated heterocycles. The number of halogens is 1. The summed E-state index contributed by atoms with van der Waals surface area (Å²) in [4.78, 5) is 10.1. The van der Waals surface area contributed by atoms with E-state index in [2.05, 4.69) is 21.2 Å². The van der Waals surface area contributed by atoms with Crippen molar-refractivity contribution >= 4 is 28.0 Å². The van der Waals surface area contributed by atoms with Gasteiger partial charge < -0.3 is 5.32 Å². The second-order valence-corrected chi connectivity index (χ2v) is 2.92. The minimum atomic E-state index is 0.554. The van der Waals surface area contributed by atoms with Crippen LogP contribution >= 0.6 is 15.9 Å². The first-order chi connectivity index (χ1) is 5.77. The standard InChI is InChI=1S/C8H5BrN2O/c9-7-3-6(4-10)1-2-8(7)11-5-12/h1-3,5H,(H,11,12). The van der Waals surface area contributed by atoms with E-state index < -0.39 is 0 Å². The molecular weight excluding hydrogens is 220 g/mol. The van der Waals surface area contributed by atoms with Crippen molar-refractivity contribution in [3.8, 4) is 6.07 Å². The third-order valence-corrected chi connectivity index (χ3v) is 1.97. The Bertz CT molecular complexity index is 343. The summed E-state index contributed by atoms with van der Waals surface area (Å²) in [5.41, 5.74) is 1.21. The van der Waals surface area contributed by atoms with Crippen LogP contribution in [0.15, 0.2) is 22.7 Å². The van der Waals surface area contributed by atoms with Gasteiger partial charge >= 0.3 is 0 Å². The van der Waals surface area contributed by atoms with E-state index in [1.165, 1.54) is 0 Å². The molecule has 0 aliphatic carbocycles. The lowest BCUT2D eigenvalue weighted by Crippen LogP contribution is -1.94. The zero-order valence-corrected chi connectivity index (χ0v) is 7.63. The van der Waals surface area contributed by atoms with Crippen LogP contribution in [0.2, 0.25) is 0 Å². The lowest BCUT2D eigenvalue weighted by Gasteiger charge is -2.00. The number of amides is 1. The van der Waals surface area contributed by atoms with Gasteiger partial charge in [-0.05, 0) is 34.1 Å². The maximum Gasteiger partial charge on any atom is 0.211 e. The number of anilines is 1. The molecule has 3 nitrogen and oxygen atoms in total. The van der Waals surface area contributed by atoms with Crippen molar-refractivity contribution in [2.45, 2.75) is 0 Å². The van der Waals surface area contributed by atoms with E-state index in [4.69, 9.17) is 5.26 Å². The van der Waals surface area contributed by atoms with Gasteiger partial charge in [-0.15, -0.1) is 0 Å². The maximum absolute atomic E-state index is 10.1. The zero-order valence-electron chi connectivity index (χ0n) is 6.04. The lowest BCUT2D eigenvalue weighted by atomic mass is 10.2. The van der Waals surface area contributed by atoms with Gasteiger partial charge in [-0.3, -0.25) is 4.79 Å². The normalized spacial score (nSPS) is 8.67. The van der Waals surface area contributed by atoms with E-state index in [-0.39, 0.29) is 0 Å². The number of nitriles is 1. The van der Waals surface area contributed by atoms with Gasteiger partial charge in [0.05, 0.1) is 17.3 Å². The minimum absolute atomic E-state index is 0.554. The van der Waals surface area contributed by atoms with Crippen LogP contribution in [-0.4, -0.2) is 6.41 Å². The Hall–Kier alpha value is -1.34. The highest BCUT2D eigenvalue weighted by Gasteiger charge is 1.98. The van der Waals surface area contributed by atoms with Crippen molar-refractivity contribution < 1.29 is 4.79 Å². The Morgan fingerprint density at radius 1 is 1.58 bits per heavy atom. The number of benzene rings is 1. The van der Waals surface area contributed by atoms with Gasteiger partial charge in [0.2, 0.25) is 6.41 Å². The summed E-state index contributed by atoms with van der Waals surface area (Å²) in [7, 11) is 0. The summed E-state index contributed by atoms with van der Waals surface area (Å²) in [5, 5.41) is 11.0. The molecule has 0 bridgehead atoms. The van der Waals surface area contributed by atoms with Gasteiger partial charge in [0.25, 0.3) is 0 Å². The molecule has 60 valence electrons. The second-order valence-electron chi connectivity index (χ2n) is 2.07. The molecule has 12 heavy (non-hydrogen) atoms. The van der Waals surface area contributed by atoms with Gasteiger partial charge in [-0.25, -0.2) is 0 Å². The zero-order chi connectivity index (χ0) is 8.97. The Morgan fingerprint density at radius 2 is 2.33 bits per heavy atom. The highest BCUT2D eigenvalue weighted by Crippen LogP contribution is 2.22. The number of hydrogen-bond acceptors (Lipinski definition) is 2. The van der Waals surface area contributed by atoms with Gasteiger partial charge in [-0.2, -0.15) is 5.26 Å². The van der Waals surface area contributed by atoms with E-state index in [1.807, 2.05) is 6.07 Å². The molecule has 0 spiro atoms. The largest absolute Gasteiger partial charge is 0.328 e. The van der Waals surface area contributed by atoms with Crippen LogP contribution in [0.3, 0.4) is 0 Å². The summed E-state index contributed by atoms with van der Waals surface area (Å²) in [6, 6.07) is 6.93. The molecule has 1 amide bonds. The van der Waals surface area contributed by atoms with Crippen molar-refractivity contribution in [1.82, 2.24) is 0 Å². The molecule has 4 heteroatoms. The number of nitrogens with one attached hydrogen (secondary N) is 1. The van der Waals surface area contributed by atoms with Gasteiger partial charge in [-0.1, -0.05) is 0 Å². The highest BCUT2D eigenvalue weighted by molar-refractivity contribution is 9.10. The fourth-order valence-corrected chi connectivity index (χ4v) is 1.26. The molecule has 1 rings (SSSR count). The van der Waals surface area contributed by atoms with Crippen molar-refractivity contribution in [1.29, 1.82) is 5.26 Å². The SMILES string of the molecule is N#Cc1ccc(NC=O)c(Br)c1. The maximum atomic E-state index is 10.1. The predicted molar refractivity (Wildman–Crippen MR) is 48.5 cm³/mol. The van der Waals surface area contributed by atoms with E-state index in [9.17, 15) is 4.79 Å². The number of carbonyl (C=O) groups excluding carboxylic acids is 1. The van der Waals surface area contributed by atoms with E-state index in [1.54, 1.807) is 18.2 Å². The summed E-state index contributed by atoms with van der Waals surface area (Å²) in [6.45, 7) is 0. The third kappa shape index (κ3) is 1.83. The fraction of sp³-hybridized carbons (Fsp3) is 0. The summed E-state index contributed by atoms with van der Waals surface area (Å²) in [6.07, 6.45) is 0.589. The number of nitrogens with zero attached hydrogens (tertiary/aromatic N) is 1. The molecule has 0 aliphatic heterocycles. The molecule has 0 radical (unpaired) electrons. The summed E-state index contributed by atoms with van der Waals surface area (Å²) >= 11 is 3.22. The first-order valence-electron chi connectivity index (χ1n) is 3.18. The van der Waals surface area contributed by atoms with Crippen molar-refractivity contribution in [3.63, 3.8) is 0 Å². The van der Waals surface area contributed by atoms with Crippen molar-refractivity contribution in [2.24, 2.45) is 0 Å². The third-order valence-electron chi connectivity index (χ3n) is 1.31. The quantitative estimate of drug-likeness (QED) is 0.781. The van der Waals surface area contributed by atoms with Crippen LogP contribution in [0.4, 0.5) is 5.69 Å². The van der Waals surface area contributed by atoms with Crippen LogP contribution < -0.4 is 5.32 Å². The fourth-order valence-electron chi connectivity index (χ4n) is 0.765. The number of hydrogen-bond donors (Lipinski definition) is 1. The molecule has 0 saturated carbocycles. The summed E-state index contributed by atoms with van der Waals surface area (Å²) in [5.74, 6) is 0. The van der Waals surface area contributed by atoms with E-state index in [0.717, 1.165) is 0 Å². The second kappa shape index (κ2) is 3.88. The highest BCUT2D eigenvalue weighted by atomic mass is 79.9. The molecule has 0 aromatic heterocycles. The molecule has 1 aromatic rings. The van der Waals surface area contributed by atoms with E-state index >= 15 is 0 Å².